The van der Waals surface area contributed by atoms with Crippen molar-refractivity contribution in [3.8, 4) is 5.75 Å². The fourth-order valence-electron chi connectivity index (χ4n) is 7.32. The number of phenols is 1. The highest BCUT2D eigenvalue weighted by atomic mass is 19.1. The standard InChI is InChI=1S/C27H31F2N3O7/c1-31(2)21-15-7-11-6-14-18(16(33)8-12(20(14)29)10-32-5-3-4-13(32)9-28)22(34)17(11)24(36)27(15,39)25(37)19(23(21)35)26(30)38/h8,11,13,15,17,19,21,33,39H,3-7,9-10H2,1-2H3,(H2,30,38)/t11-,13-,15-,17?,19?,21-,27-/m0/s1. The molecule has 1 saturated heterocycles. The molecule has 4 N–H and O–H groups in total. The second-order valence-corrected chi connectivity index (χ2v) is 11.4. The number of nitrogens with two attached hydrogens (primary N) is 1. The molecule has 1 heterocycles. The van der Waals surface area contributed by atoms with Crippen LogP contribution in [0.4, 0.5) is 8.78 Å². The summed E-state index contributed by atoms with van der Waals surface area (Å²) in [4.78, 5) is 68.9. The highest BCUT2D eigenvalue weighted by Gasteiger charge is 2.69. The van der Waals surface area contributed by atoms with Gasteiger partial charge in [-0.1, -0.05) is 0 Å². The first kappa shape index (κ1) is 27.5. The number of nitrogens with zero attached hydrogens (tertiary/aromatic N) is 2. The number of likely N-dealkylation sites (tertiary alicyclic amines) is 1. The van der Waals surface area contributed by atoms with Crippen LogP contribution in [0.2, 0.25) is 0 Å². The number of hydrogen-bond acceptors (Lipinski definition) is 9. The molecule has 0 aromatic heterocycles. The van der Waals surface area contributed by atoms with E-state index in [1.807, 2.05) is 0 Å². The zero-order chi connectivity index (χ0) is 28.5. The van der Waals surface area contributed by atoms with Crippen molar-refractivity contribution in [1.82, 2.24) is 9.80 Å². The average Bonchev–Trinajstić information content (AvgIpc) is 3.31. The second-order valence-electron chi connectivity index (χ2n) is 11.4. The lowest BCUT2D eigenvalue weighted by Crippen LogP contribution is -2.74. The summed E-state index contributed by atoms with van der Waals surface area (Å²) in [6, 6.07) is -0.500. The number of ketones is 4. The first-order valence-electron chi connectivity index (χ1n) is 13.0. The Bertz CT molecular complexity index is 1300. The van der Waals surface area contributed by atoms with Crippen LogP contribution in [0.1, 0.15) is 40.7 Å². The van der Waals surface area contributed by atoms with E-state index in [1.54, 1.807) is 4.90 Å². The van der Waals surface area contributed by atoms with Gasteiger partial charge in [0, 0.05) is 29.6 Å². The monoisotopic (exact) mass is 547 g/mol. The van der Waals surface area contributed by atoms with Crippen LogP contribution in [-0.4, -0.2) is 94.1 Å². The molecule has 4 aliphatic rings. The number of aliphatic hydroxyl groups is 1. The Balaban J connectivity index is 1.57. The Morgan fingerprint density at radius 2 is 1.92 bits per heavy atom. The minimum Gasteiger partial charge on any atom is -0.507 e. The maximum Gasteiger partial charge on any atom is 0.235 e. The number of carbonyl (C=O) groups excluding carboxylic acids is 5. The summed E-state index contributed by atoms with van der Waals surface area (Å²) in [6.07, 6.45) is 1.06. The lowest BCUT2D eigenvalue weighted by atomic mass is 9.52. The number of primary amides is 1. The normalized spacial score (nSPS) is 34.7. The maximum absolute atomic E-state index is 15.8. The van der Waals surface area contributed by atoms with E-state index >= 15 is 4.39 Å². The van der Waals surface area contributed by atoms with Gasteiger partial charge in [0.2, 0.25) is 5.91 Å². The van der Waals surface area contributed by atoms with Gasteiger partial charge >= 0.3 is 0 Å². The molecule has 210 valence electrons. The van der Waals surface area contributed by atoms with Crippen LogP contribution in [0.25, 0.3) is 0 Å². The number of likely N-dealkylation sites (N-methyl/N-ethyl adjacent to an activating group) is 1. The van der Waals surface area contributed by atoms with Gasteiger partial charge in [-0.2, -0.15) is 0 Å². The molecule has 2 unspecified atom stereocenters. The number of benzene rings is 1. The molecular formula is C27H31F2N3O7. The molecule has 7 atom stereocenters. The maximum atomic E-state index is 15.8. The van der Waals surface area contributed by atoms with Crippen molar-refractivity contribution in [2.45, 2.75) is 49.9 Å². The Labute approximate surface area is 223 Å². The smallest absolute Gasteiger partial charge is 0.235 e. The van der Waals surface area contributed by atoms with Crippen molar-refractivity contribution < 1.29 is 43.0 Å². The van der Waals surface area contributed by atoms with E-state index in [4.69, 9.17) is 5.73 Å². The van der Waals surface area contributed by atoms with Gasteiger partial charge in [-0.15, -0.1) is 0 Å². The molecule has 39 heavy (non-hydrogen) atoms. The third kappa shape index (κ3) is 3.86. The number of fused-ring (bicyclic) bond motifs is 3. The molecule has 0 radical (unpaired) electrons. The molecule has 12 heteroatoms. The first-order valence-corrected chi connectivity index (χ1v) is 13.0. The van der Waals surface area contributed by atoms with Gasteiger partial charge in [0.15, 0.2) is 34.7 Å². The van der Waals surface area contributed by atoms with Crippen LogP contribution in [0.3, 0.4) is 0 Å². The summed E-state index contributed by atoms with van der Waals surface area (Å²) < 4.78 is 29.2. The van der Waals surface area contributed by atoms with Gasteiger partial charge in [0.1, 0.15) is 18.2 Å². The van der Waals surface area contributed by atoms with Crippen LogP contribution in [0.5, 0.6) is 5.75 Å². The molecule has 1 aromatic carbocycles. The molecule has 1 aromatic rings. The SMILES string of the molecule is CN(C)[C@@H]1C(=O)C(C(N)=O)C(=O)[C@@]2(O)C(=O)C3C(=O)c4c(O)cc(CN5CCC[C@H]5CF)c(F)c4C[C@H]3C[C@@H]12. The Hall–Kier alpha value is -3.09. The number of alkyl halides is 1. The number of Topliss-reactive ketones (excluding diaryl/α,β-unsaturated/α-hetero) is 4. The summed E-state index contributed by atoms with van der Waals surface area (Å²) >= 11 is 0. The van der Waals surface area contributed by atoms with Crippen LogP contribution >= 0.6 is 0 Å². The lowest BCUT2D eigenvalue weighted by Gasteiger charge is -2.52. The Morgan fingerprint density at radius 1 is 1.23 bits per heavy atom. The number of amides is 1. The zero-order valence-corrected chi connectivity index (χ0v) is 21.7. The highest BCUT2D eigenvalue weighted by Crippen LogP contribution is 2.51. The van der Waals surface area contributed by atoms with E-state index in [1.165, 1.54) is 19.0 Å². The lowest BCUT2D eigenvalue weighted by molar-refractivity contribution is -0.181. The number of halogens is 2. The topological polar surface area (TPSA) is 158 Å². The van der Waals surface area contributed by atoms with E-state index < -0.39 is 88.2 Å². The minimum atomic E-state index is -2.83. The van der Waals surface area contributed by atoms with Crippen LogP contribution in [0.15, 0.2) is 6.07 Å². The van der Waals surface area contributed by atoms with Crippen molar-refractivity contribution >= 4 is 29.0 Å². The molecule has 3 aliphatic carbocycles. The molecule has 3 fully saturated rings. The van der Waals surface area contributed by atoms with E-state index in [-0.39, 0.29) is 36.6 Å². The van der Waals surface area contributed by atoms with E-state index in [0.717, 1.165) is 12.5 Å². The number of rotatable bonds is 5. The average molecular weight is 548 g/mol. The Kier molecular flexibility index (Phi) is 6.71. The van der Waals surface area contributed by atoms with E-state index in [2.05, 4.69) is 0 Å². The van der Waals surface area contributed by atoms with Crippen molar-refractivity contribution in [3.63, 3.8) is 0 Å². The van der Waals surface area contributed by atoms with Gasteiger partial charge in [0.25, 0.3) is 0 Å². The highest BCUT2D eigenvalue weighted by molar-refractivity contribution is 6.32. The molecule has 0 bridgehead atoms. The number of hydrogen-bond donors (Lipinski definition) is 3. The summed E-state index contributed by atoms with van der Waals surface area (Å²) in [6.45, 7) is 0.00386. The molecule has 1 amide bonds. The van der Waals surface area contributed by atoms with Crippen LogP contribution in [0, 0.1) is 29.5 Å². The van der Waals surface area contributed by atoms with Gasteiger partial charge in [-0.3, -0.25) is 33.8 Å². The summed E-state index contributed by atoms with van der Waals surface area (Å²) in [5, 5.41) is 22.3. The molecule has 5 rings (SSSR count). The van der Waals surface area contributed by atoms with Gasteiger partial charge < -0.3 is 15.9 Å². The quantitative estimate of drug-likeness (QED) is 0.430. The third-order valence-corrected chi connectivity index (χ3v) is 9.12. The molecule has 10 nitrogen and oxygen atoms in total. The van der Waals surface area contributed by atoms with E-state index in [9.17, 15) is 38.6 Å². The second kappa shape index (κ2) is 9.53. The number of carbonyl (C=O) groups is 5. The number of aromatic hydroxyl groups is 1. The minimum absolute atomic E-state index is 0.0328. The predicted molar refractivity (Wildman–Crippen MR) is 131 cm³/mol. The van der Waals surface area contributed by atoms with Crippen LogP contribution < -0.4 is 5.73 Å². The van der Waals surface area contributed by atoms with E-state index in [0.29, 0.717) is 13.0 Å². The summed E-state index contributed by atoms with van der Waals surface area (Å²) in [5.74, 6) is -12.7. The predicted octanol–water partition coefficient (Wildman–Crippen LogP) is -0.0600. The number of phenolic OH excluding ortho intramolecular Hbond substituents is 1. The molecule has 1 aliphatic heterocycles. The third-order valence-electron chi connectivity index (χ3n) is 9.12. The van der Waals surface area contributed by atoms with Gasteiger partial charge in [-0.25, -0.2) is 8.78 Å². The van der Waals surface area contributed by atoms with Crippen molar-refractivity contribution in [1.29, 1.82) is 0 Å². The largest absolute Gasteiger partial charge is 0.507 e. The van der Waals surface area contributed by atoms with Crippen molar-refractivity contribution in [2.75, 3.05) is 27.3 Å². The zero-order valence-electron chi connectivity index (χ0n) is 21.7. The summed E-state index contributed by atoms with van der Waals surface area (Å²) in [7, 11) is 2.98. The molecular weight excluding hydrogens is 516 g/mol. The fourth-order valence-corrected chi connectivity index (χ4v) is 7.32. The first-order chi connectivity index (χ1) is 18.3. The van der Waals surface area contributed by atoms with Crippen LogP contribution in [-0.2, 0) is 32.1 Å². The summed E-state index contributed by atoms with van der Waals surface area (Å²) in [5.41, 5.74) is 2.07. The molecule has 0 spiro atoms. The van der Waals surface area contributed by atoms with Crippen molar-refractivity contribution in [2.24, 2.45) is 29.4 Å². The Morgan fingerprint density at radius 3 is 2.54 bits per heavy atom. The molecule has 2 saturated carbocycles. The van der Waals surface area contributed by atoms with Crippen molar-refractivity contribution in [3.05, 3.63) is 28.6 Å². The van der Waals surface area contributed by atoms with Gasteiger partial charge in [0.05, 0.1) is 17.5 Å². The fraction of sp³-hybridized carbons (Fsp3) is 0.593. The van der Waals surface area contributed by atoms with Gasteiger partial charge in [-0.05, 0) is 58.3 Å².